The SMILES string of the molecule is COc1cc(C(C)=O)ccc1OC(=O)N1CCN(C)CC1.Cl. The summed E-state index contributed by atoms with van der Waals surface area (Å²) in [6.07, 6.45) is -0.392. The van der Waals surface area contributed by atoms with Crippen molar-refractivity contribution in [1.82, 2.24) is 9.80 Å². The van der Waals surface area contributed by atoms with E-state index in [9.17, 15) is 9.59 Å². The summed E-state index contributed by atoms with van der Waals surface area (Å²) in [6, 6.07) is 4.79. The Kier molecular flexibility index (Phi) is 6.64. The molecule has 22 heavy (non-hydrogen) atoms. The number of likely N-dealkylation sites (N-methyl/N-ethyl adjacent to an activating group) is 1. The number of methoxy groups -OCH3 is 1. The van der Waals surface area contributed by atoms with E-state index >= 15 is 0 Å². The van der Waals surface area contributed by atoms with Gasteiger partial charge in [-0.3, -0.25) is 4.79 Å². The molecule has 0 saturated carbocycles. The van der Waals surface area contributed by atoms with Gasteiger partial charge in [0.15, 0.2) is 17.3 Å². The summed E-state index contributed by atoms with van der Waals surface area (Å²) < 4.78 is 10.6. The standard InChI is InChI=1S/C15H20N2O4.ClH/c1-11(18)12-4-5-13(14(10-12)20-3)21-15(19)17-8-6-16(2)7-9-17;/h4-5,10H,6-9H2,1-3H3;1H. The summed E-state index contributed by atoms with van der Waals surface area (Å²) >= 11 is 0. The van der Waals surface area contributed by atoms with Crippen LogP contribution in [0.15, 0.2) is 18.2 Å². The molecule has 0 atom stereocenters. The molecule has 1 saturated heterocycles. The highest BCUT2D eigenvalue weighted by molar-refractivity contribution is 5.94. The molecular formula is C15H21ClN2O4. The molecule has 0 N–H and O–H groups in total. The first-order chi connectivity index (χ1) is 10.0. The fourth-order valence-electron chi connectivity index (χ4n) is 2.12. The third-order valence-corrected chi connectivity index (χ3v) is 3.53. The zero-order chi connectivity index (χ0) is 15.4. The number of benzene rings is 1. The summed E-state index contributed by atoms with van der Waals surface area (Å²) in [5.41, 5.74) is 0.520. The Balaban J connectivity index is 0.00000242. The van der Waals surface area contributed by atoms with Crippen LogP contribution < -0.4 is 9.47 Å². The van der Waals surface area contributed by atoms with Crippen molar-refractivity contribution >= 4 is 24.3 Å². The van der Waals surface area contributed by atoms with Gasteiger partial charge in [0, 0.05) is 31.7 Å². The quantitative estimate of drug-likeness (QED) is 0.795. The van der Waals surface area contributed by atoms with Gasteiger partial charge < -0.3 is 19.3 Å². The molecule has 0 radical (unpaired) electrons. The molecule has 1 aliphatic heterocycles. The molecule has 0 aliphatic carbocycles. The van der Waals surface area contributed by atoms with E-state index in [0.717, 1.165) is 13.1 Å². The van der Waals surface area contributed by atoms with Crippen molar-refractivity contribution in [3.63, 3.8) is 0 Å². The van der Waals surface area contributed by atoms with Crippen molar-refractivity contribution in [2.75, 3.05) is 40.3 Å². The van der Waals surface area contributed by atoms with Crippen LogP contribution in [0.4, 0.5) is 4.79 Å². The van der Waals surface area contributed by atoms with E-state index in [0.29, 0.717) is 30.2 Å². The minimum Gasteiger partial charge on any atom is -0.493 e. The third kappa shape index (κ3) is 4.35. The van der Waals surface area contributed by atoms with Gasteiger partial charge in [-0.05, 0) is 32.2 Å². The lowest BCUT2D eigenvalue weighted by atomic mass is 10.1. The predicted octanol–water partition coefficient (Wildman–Crippen LogP) is 2.07. The number of amides is 1. The molecule has 1 aliphatic rings. The van der Waals surface area contributed by atoms with Gasteiger partial charge in [0.2, 0.25) is 0 Å². The van der Waals surface area contributed by atoms with Crippen LogP contribution in [0, 0.1) is 0 Å². The van der Waals surface area contributed by atoms with Crippen LogP contribution in [0.1, 0.15) is 17.3 Å². The van der Waals surface area contributed by atoms with Crippen LogP contribution in [0.25, 0.3) is 0 Å². The Morgan fingerprint density at radius 2 is 1.73 bits per heavy atom. The molecule has 1 fully saturated rings. The molecule has 1 amide bonds. The van der Waals surface area contributed by atoms with E-state index in [2.05, 4.69) is 4.90 Å². The highest BCUT2D eigenvalue weighted by atomic mass is 35.5. The number of rotatable bonds is 3. The maximum Gasteiger partial charge on any atom is 0.415 e. The molecule has 0 unspecified atom stereocenters. The molecular weight excluding hydrogens is 308 g/mol. The molecule has 0 bridgehead atoms. The van der Waals surface area contributed by atoms with Gasteiger partial charge in [-0.1, -0.05) is 0 Å². The van der Waals surface area contributed by atoms with Crippen molar-refractivity contribution < 1.29 is 19.1 Å². The van der Waals surface area contributed by atoms with Gasteiger partial charge in [-0.15, -0.1) is 12.4 Å². The second-order valence-electron chi connectivity index (χ2n) is 5.08. The summed E-state index contributed by atoms with van der Waals surface area (Å²) in [5, 5.41) is 0. The first-order valence-corrected chi connectivity index (χ1v) is 6.85. The Morgan fingerprint density at radius 1 is 1.09 bits per heavy atom. The minimum absolute atomic E-state index is 0. The van der Waals surface area contributed by atoms with Crippen molar-refractivity contribution in [2.45, 2.75) is 6.92 Å². The highest BCUT2D eigenvalue weighted by Gasteiger charge is 2.22. The lowest BCUT2D eigenvalue weighted by molar-refractivity contribution is 0.101. The second kappa shape index (κ2) is 8.00. The van der Waals surface area contributed by atoms with Crippen LogP contribution >= 0.6 is 12.4 Å². The molecule has 0 aromatic heterocycles. The number of carbonyl (C=O) groups is 2. The smallest absolute Gasteiger partial charge is 0.415 e. The van der Waals surface area contributed by atoms with E-state index in [-0.39, 0.29) is 18.2 Å². The number of halogens is 1. The molecule has 6 nitrogen and oxygen atoms in total. The first kappa shape index (κ1) is 18.3. The molecule has 7 heteroatoms. The zero-order valence-corrected chi connectivity index (χ0v) is 13.8. The number of carbonyl (C=O) groups excluding carboxylic acids is 2. The summed E-state index contributed by atoms with van der Waals surface area (Å²) in [7, 11) is 3.50. The van der Waals surface area contributed by atoms with Crippen molar-refractivity contribution in [3.8, 4) is 11.5 Å². The Hall–Kier alpha value is -1.79. The van der Waals surface area contributed by atoms with E-state index in [1.165, 1.54) is 14.0 Å². The van der Waals surface area contributed by atoms with Gasteiger partial charge in [-0.2, -0.15) is 0 Å². The van der Waals surface area contributed by atoms with Crippen LogP contribution in [-0.2, 0) is 0 Å². The van der Waals surface area contributed by atoms with E-state index in [4.69, 9.17) is 9.47 Å². The number of hydrogen-bond donors (Lipinski definition) is 0. The molecule has 1 aromatic carbocycles. The number of hydrogen-bond acceptors (Lipinski definition) is 5. The average Bonchev–Trinajstić information content (AvgIpc) is 2.48. The average molecular weight is 329 g/mol. The van der Waals surface area contributed by atoms with Crippen molar-refractivity contribution in [3.05, 3.63) is 23.8 Å². The molecule has 0 spiro atoms. The number of piperazine rings is 1. The monoisotopic (exact) mass is 328 g/mol. The fraction of sp³-hybridized carbons (Fsp3) is 0.467. The fourth-order valence-corrected chi connectivity index (χ4v) is 2.12. The summed E-state index contributed by atoms with van der Waals surface area (Å²) in [4.78, 5) is 27.3. The van der Waals surface area contributed by atoms with Gasteiger partial charge in [-0.25, -0.2) is 4.79 Å². The second-order valence-corrected chi connectivity index (χ2v) is 5.08. The largest absolute Gasteiger partial charge is 0.493 e. The number of nitrogens with zero attached hydrogens (tertiary/aromatic N) is 2. The summed E-state index contributed by atoms with van der Waals surface area (Å²) in [6.45, 7) is 4.42. The van der Waals surface area contributed by atoms with Crippen molar-refractivity contribution in [2.24, 2.45) is 0 Å². The Bertz CT molecular complexity index is 542. The maximum atomic E-state index is 12.1. The number of ketones is 1. The topological polar surface area (TPSA) is 59.1 Å². The van der Waals surface area contributed by atoms with E-state index in [1.807, 2.05) is 7.05 Å². The lowest BCUT2D eigenvalue weighted by Gasteiger charge is -2.31. The van der Waals surface area contributed by atoms with E-state index < -0.39 is 6.09 Å². The van der Waals surface area contributed by atoms with Gasteiger partial charge in [0.05, 0.1) is 7.11 Å². The van der Waals surface area contributed by atoms with Crippen LogP contribution in [0.5, 0.6) is 11.5 Å². The molecule has 2 rings (SSSR count). The first-order valence-electron chi connectivity index (χ1n) is 6.85. The van der Waals surface area contributed by atoms with Gasteiger partial charge in [0.25, 0.3) is 0 Å². The van der Waals surface area contributed by atoms with Crippen LogP contribution in [-0.4, -0.2) is 62.0 Å². The minimum atomic E-state index is -0.392. The van der Waals surface area contributed by atoms with Crippen LogP contribution in [0.2, 0.25) is 0 Å². The summed E-state index contributed by atoms with van der Waals surface area (Å²) in [5.74, 6) is 0.641. The number of ether oxygens (including phenoxy) is 2. The van der Waals surface area contributed by atoms with Crippen LogP contribution in [0.3, 0.4) is 0 Å². The zero-order valence-electron chi connectivity index (χ0n) is 13.0. The normalized spacial score (nSPS) is 15.0. The van der Waals surface area contributed by atoms with Gasteiger partial charge in [0.1, 0.15) is 0 Å². The Morgan fingerprint density at radius 3 is 2.27 bits per heavy atom. The lowest BCUT2D eigenvalue weighted by Crippen LogP contribution is -2.48. The highest BCUT2D eigenvalue weighted by Crippen LogP contribution is 2.28. The van der Waals surface area contributed by atoms with E-state index in [1.54, 1.807) is 23.1 Å². The van der Waals surface area contributed by atoms with Crippen molar-refractivity contribution in [1.29, 1.82) is 0 Å². The predicted molar refractivity (Wildman–Crippen MR) is 85.3 cm³/mol. The Labute approximate surface area is 136 Å². The van der Waals surface area contributed by atoms with Gasteiger partial charge >= 0.3 is 6.09 Å². The molecule has 1 aromatic rings. The molecule has 122 valence electrons. The maximum absolute atomic E-state index is 12.1. The number of Topliss-reactive ketones (excluding diaryl/α,β-unsaturated/α-hetero) is 1. The molecule has 1 heterocycles. The third-order valence-electron chi connectivity index (χ3n) is 3.53.